The van der Waals surface area contributed by atoms with Crippen LogP contribution >= 0.6 is 24.8 Å². The molecular formula is C34H46Cl2N8O5. The van der Waals surface area contributed by atoms with Gasteiger partial charge < -0.3 is 20.5 Å². The summed E-state index contributed by atoms with van der Waals surface area (Å²) in [4.78, 5) is 43.4. The van der Waals surface area contributed by atoms with Crippen LogP contribution in [-0.2, 0) is 9.53 Å². The molecule has 2 amide bonds. The highest BCUT2D eigenvalue weighted by Crippen LogP contribution is 2.43. The second kappa shape index (κ2) is 17.3. The molecule has 2 aliphatic heterocycles. The number of hydrazine groups is 1. The van der Waals surface area contributed by atoms with Crippen molar-refractivity contribution in [1.29, 1.82) is 0 Å². The number of likely N-dealkylation sites (tertiary alicyclic amines) is 1. The molecule has 1 atom stereocenters. The number of fused-ring (bicyclic) bond motifs is 3. The van der Waals surface area contributed by atoms with Gasteiger partial charge in [0, 0.05) is 50.4 Å². The number of anilines is 1. The first-order chi connectivity index (χ1) is 22.8. The van der Waals surface area contributed by atoms with E-state index < -0.39 is 12.1 Å². The average molecular weight is 718 g/mol. The number of nitrogens with one attached hydrogen (secondary N) is 3. The number of halogens is 2. The van der Waals surface area contributed by atoms with Crippen molar-refractivity contribution in [2.45, 2.75) is 32.7 Å². The van der Waals surface area contributed by atoms with Gasteiger partial charge in [0.05, 0.1) is 22.5 Å². The predicted octanol–water partition coefficient (Wildman–Crippen LogP) is 3.79. The van der Waals surface area contributed by atoms with Crippen molar-refractivity contribution in [1.82, 2.24) is 30.4 Å². The predicted molar refractivity (Wildman–Crippen MR) is 192 cm³/mol. The number of nitrogens with zero attached hydrogens (tertiary/aromatic N) is 4. The fourth-order valence-corrected chi connectivity index (χ4v) is 6.23. The second-order valence-electron chi connectivity index (χ2n) is 12.6. The van der Waals surface area contributed by atoms with Gasteiger partial charge in [0.2, 0.25) is 0 Å². The molecule has 1 aliphatic carbocycles. The molecule has 5 N–H and O–H groups in total. The molecule has 13 nitrogen and oxygen atoms in total. The van der Waals surface area contributed by atoms with Crippen LogP contribution in [0, 0.1) is 5.92 Å². The van der Waals surface area contributed by atoms with Gasteiger partial charge >= 0.3 is 12.0 Å². The zero-order valence-electron chi connectivity index (χ0n) is 27.9. The van der Waals surface area contributed by atoms with Crippen LogP contribution in [0.25, 0.3) is 22.5 Å². The van der Waals surface area contributed by atoms with Crippen LogP contribution in [0.5, 0.6) is 5.75 Å². The molecule has 49 heavy (non-hydrogen) atoms. The number of urea groups is 1. The summed E-state index contributed by atoms with van der Waals surface area (Å²) in [6.07, 6.45) is 2.51. The third kappa shape index (κ3) is 8.91. The Morgan fingerprint density at radius 2 is 1.59 bits per heavy atom. The van der Waals surface area contributed by atoms with Gasteiger partial charge in [0.1, 0.15) is 30.7 Å². The van der Waals surface area contributed by atoms with Crippen molar-refractivity contribution in [3.05, 3.63) is 53.6 Å². The lowest BCUT2D eigenvalue weighted by atomic mass is 10.0. The van der Waals surface area contributed by atoms with Gasteiger partial charge in [-0.05, 0) is 62.2 Å². The topological polar surface area (TPSA) is 158 Å². The van der Waals surface area contributed by atoms with Crippen molar-refractivity contribution in [2.24, 2.45) is 11.7 Å². The van der Waals surface area contributed by atoms with E-state index in [0.29, 0.717) is 73.1 Å². The Labute approximate surface area is 299 Å². The summed E-state index contributed by atoms with van der Waals surface area (Å²) in [5.41, 5.74) is 12.8. The van der Waals surface area contributed by atoms with E-state index in [-0.39, 0.29) is 49.1 Å². The third-order valence-corrected chi connectivity index (χ3v) is 9.08. The molecule has 3 heterocycles. The molecule has 2 fully saturated rings. The van der Waals surface area contributed by atoms with E-state index in [1.807, 2.05) is 55.3 Å². The Morgan fingerprint density at radius 3 is 2.29 bits per heavy atom. The number of aromatic amines is 1. The molecule has 2 aromatic carbocycles. The quantitative estimate of drug-likeness (QED) is 0.159. The molecule has 0 spiro atoms. The van der Waals surface area contributed by atoms with E-state index in [0.717, 1.165) is 30.9 Å². The summed E-state index contributed by atoms with van der Waals surface area (Å²) in [7, 11) is 0. The summed E-state index contributed by atoms with van der Waals surface area (Å²) in [6, 6.07) is 12.0. The number of nitrogens with two attached hydrogens (primary N) is 1. The molecule has 3 aromatic rings. The molecule has 2 saturated heterocycles. The van der Waals surface area contributed by atoms with Crippen LogP contribution in [0.1, 0.15) is 42.6 Å². The molecule has 0 bridgehead atoms. The normalized spacial score (nSPS) is 16.7. The minimum absolute atomic E-state index is 0. The summed E-state index contributed by atoms with van der Waals surface area (Å²) >= 11 is 0. The Morgan fingerprint density at radius 1 is 0.918 bits per heavy atom. The summed E-state index contributed by atoms with van der Waals surface area (Å²) < 4.78 is 11.3. The van der Waals surface area contributed by atoms with Crippen LogP contribution in [0.15, 0.2) is 42.5 Å². The maximum absolute atomic E-state index is 13.8. The first-order valence-electron chi connectivity index (χ1n) is 16.5. The molecular weight excluding hydrogens is 671 g/mol. The van der Waals surface area contributed by atoms with Gasteiger partial charge in [0.25, 0.3) is 0 Å². The van der Waals surface area contributed by atoms with Gasteiger partial charge in [-0.3, -0.25) is 29.9 Å². The molecule has 15 heteroatoms. The van der Waals surface area contributed by atoms with E-state index in [9.17, 15) is 14.4 Å². The molecule has 1 aromatic heterocycles. The SMILES string of the molecule is CC(C)C(N)C(=O)OCCN1CCN(NC(=O)Nc2cccc3c2C(=O)c2c(-c4ccc(OCCN5CCCC5)cc4)n[nH]c2-3)CC1.Cl.Cl. The van der Waals surface area contributed by atoms with Crippen molar-refractivity contribution < 1.29 is 23.9 Å². The number of esters is 1. The van der Waals surface area contributed by atoms with E-state index in [4.69, 9.17) is 15.2 Å². The number of H-pyrrole nitrogens is 1. The van der Waals surface area contributed by atoms with E-state index in [1.54, 1.807) is 6.07 Å². The fraction of sp³-hybridized carbons (Fsp3) is 0.471. The zero-order chi connectivity index (χ0) is 32.9. The number of amides is 2. The monoisotopic (exact) mass is 716 g/mol. The lowest BCUT2D eigenvalue weighted by molar-refractivity contribution is -0.146. The highest BCUT2D eigenvalue weighted by Gasteiger charge is 2.35. The number of aromatic nitrogens is 2. The maximum atomic E-state index is 13.8. The first kappa shape index (κ1) is 38.1. The number of hydrogen-bond acceptors (Lipinski definition) is 10. The maximum Gasteiger partial charge on any atom is 0.333 e. The first-order valence-corrected chi connectivity index (χ1v) is 16.5. The molecule has 266 valence electrons. The molecule has 1 unspecified atom stereocenters. The minimum Gasteiger partial charge on any atom is -0.492 e. The van der Waals surface area contributed by atoms with Crippen molar-refractivity contribution in [2.75, 3.05) is 70.9 Å². The van der Waals surface area contributed by atoms with E-state index >= 15 is 0 Å². The number of ketones is 1. The van der Waals surface area contributed by atoms with Crippen LogP contribution in [-0.4, -0.2) is 114 Å². The fourth-order valence-electron chi connectivity index (χ4n) is 6.23. The number of piperazine rings is 1. The van der Waals surface area contributed by atoms with Gasteiger partial charge in [-0.25, -0.2) is 9.80 Å². The van der Waals surface area contributed by atoms with Crippen molar-refractivity contribution in [3.63, 3.8) is 0 Å². The number of benzene rings is 2. The molecule has 0 radical (unpaired) electrons. The zero-order valence-corrected chi connectivity index (χ0v) is 29.5. The highest BCUT2D eigenvalue weighted by molar-refractivity contribution is 6.26. The highest BCUT2D eigenvalue weighted by atomic mass is 35.5. The lowest BCUT2D eigenvalue weighted by Crippen LogP contribution is -2.54. The van der Waals surface area contributed by atoms with E-state index in [1.165, 1.54) is 12.8 Å². The molecule has 6 rings (SSSR count). The summed E-state index contributed by atoms with van der Waals surface area (Å²) in [5, 5.41) is 12.2. The van der Waals surface area contributed by atoms with E-state index in [2.05, 4.69) is 30.7 Å². The summed E-state index contributed by atoms with van der Waals surface area (Å²) in [6.45, 7) is 11.1. The van der Waals surface area contributed by atoms with Crippen LogP contribution in [0.2, 0.25) is 0 Å². The smallest absolute Gasteiger partial charge is 0.333 e. The standard InChI is InChI=1S/C34H44N8O5.2ClH/c1-22(2)29(35)33(44)47-21-19-41-14-16-42(17-15-41)39-34(45)36-26-7-5-6-25-27(26)32(43)28-30(37-38-31(25)28)23-8-10-24(11-9-23)46-20-18-40-12-3-4-13-40;;/h5-11,22,29H,3-4,12-21,35H2,1-2H3,(H,37,38)(H2,36,39,45);2*1H. The lowest BCUT2D eigenvalue weighted by Gasteiger charge is -2.34. The Bertz CT molecular complexity index is 1590. The number of hydrogen-bond donors (Lipinski definition) is 4. The van der Waals surface area contributed by atoms with Gasteiger partial charge in [-0.2, -0.15) is 5.10 Å². The number of carbonyl (C=O) groups excluding carboxylic acids is 3. The van der Waals surface area contributed by atoms with Gasteiger partial charge in [-0.1, -0.05) is 26.0 Å². The second-order valence-corrected chi connectivity index (χ2v) is 12.6. The molecule has 3 aliphatic rings. The van der Waals surface area contributed by atoms with Crippen LogP contribution in [0.4, 0.5) is 10.5 Å². The minimum atomic E-state index is -0.619. The van der Waals surface area contributed by atoms with Crippen LogP contribution < -0.4 is 21.2 Å². The Kier molecular flexibility index (Phi) is 13.4. The van der Waals surface area contributed by atoms with Crippen LogP contribution in [0.3, 0.4) is 0 Å². The number of rotatable bonds is 12. The Hall–Kier alpha value is -3.72. The van der Waals surface area contributed by atoms with Crippen molar-refractivity contribution >= 4 is 48.3 Å². The van der Waals surface area contributed by atoms with Crippen molar-refractivity contribution in [3.8, 4) is 28.3 Å². The van der Waals surface area contributed by atoms with Gasteiger partial charge in [-0.15, -0.1) is 24.8 Å². The number of ether oxygens (including phenoxy) is 2. The third-order valence-electron chi connectivity index (χ3n) is 9.08. The molecule has 0 saturated carbocycles. The van der Waals surface area contributed by atoms with Gasteiger partial charge in [0.15, 0.2) is 5.78 Å². The Balaban J connectivity index is 0.00000270. The summed E-state index contributed by atoms with van der Waals surface area (Å²) in [5.74, 6) is 0.229. The number of carbonyl (C=O) groups is 3. The average Bonchev–Trinajstić information content (AvgIpc) is 3.81. The largest absolute Gasteiger partial charge is 0.492 e.